The molecule has 328 valence electrons. The molecule has 0 aromatic carbocycles. The number of amides is 1. The predicted molar refractivity (Wildman–Crippen MR) is 238 cm³/mol. The summed E-state index contributed by atoms with van der Waals surface area (Å²) < 4.78 is 0. The molecular weight excluding hydrogens is 683 g/mol. The van der Waals surface area contributed by atoms with Gasteiger partial charge in [0.1, 0.15) is 12.2 Å². The van der Waals surface area contributed by atoms with Crippen molar-refractivity contribution in [2.24, 2.45) is 0 Å². The first kappa shape index (κ1) is 54.0. The molecule has 0 aliphatic heterocycles. The van der Waals surface area contributed by atoms with E-state index in [2.05, 4.69) is 31.3 Å². The third-order valence-corrected chi connectivity index (χ3v) is 11.7. The highest BCUT2D eigenvalue weighted by Crippen LogP contribution is 2.17. The fourth-order valence-electron chi connectivity index (χ4n) is 7.81. The second-order valence-electron chi connectivity index (χ2n) is 17.2. The Morgan fingerprint density at radius 3 is 1.07 bits per heavy atom. The van der Waals surface area contributed by atoms with Crippen LogP contribution in [0.25, 0.3) is 0 Å². The van der Waals surface area contributed by atoms with Crippen LogP contribution in [0.5, 0.6) is 0 Å². The van der Waals surface area contributed by atoms with Crippen LogP contribution >= 0.6 is 0 Å². The first-order valence-corrected chi connectivity index (χ1v) is 24.6. The first-order valence-electron chi connectivity index (χ1n) is 24.6. The van der Waals surface area contributed by atoms with Gasteiger partial charge in [0.25, 0.3) is 0 Å². The Morgan fingerprint density at radius 1 is 0.436 bits per heavy atom. The molecule has 0 heterocycles. The predicted octanol–water partition coefficient (Wildman–Crippen LogP) is 13.4. The largest absolute Gasteiger partial charge is 0.394 e. The van der Waals surface area contributed by atoms with Crippen molar-refractivity contribution in [3.63, 3.8) is 0 Å². The second-order valence-corrected chi connectivity index (χ2v) is 17.2. The van der Waals surface area contributed by atoms with Gasteiger partial charge in [-0.05, 0) is 38.5 Å². The molecule has 0 aliphatic rings. The highest BCUT2D eigenvalue weighted by atomic mass is 16.3. The lowest BCUT2D eigenvalue weighted by atomic mass is 10.00. The summed E-state index contributed by atoms with van der Waals surface area (Å²) in [6.07, 6.45) is 51.0. The van der Waals surface area contributed by atoms with E-state index in [1.165, 1.54) is 199 Å². The molecule has 0 rings (SSSR count). The van der Waals surface area contributed by atoms with Gasteiger partial charge in [-0.2, -0.15) is 0 Å². The Morgan fingerprint density at radius 2 is 0.727 bits per heavy atom. The first-order chi connectivity index (χ1) is 27.0. The normalized spacial score (nSPS) is 14.1. The van der Waals surface area contributed by atoms with Gasteiger partial charge in [-0.3, -0.25) is 4.79 Å². The lowest BCUT2D eigenvalue weighted by molar-refractivity contribution is -0.132. The van der Waals surface area contributed by atoms with Crippen LogP contribution in [0, 0.1) is 0 Å². The molecule has 0 aromatic heterocycles. The minimum atomic E-state index is -1.25. The molecule has 5 N–H and O–H groups in total. The summed E-state index contributed by atoms with van der Waals surface area (Å²) in [7, 11) is 0. The summed E-state index contributed by atoms with van der Waals surface area (Å²) in [4.78, 5) is 12.3. The molecule has 6 heteroatoms. The maximum absolute atomic E-state index is 12.3. The van der Waals surface area contributed by atoms with E-state index in [0.717, 1.165) is 38.5 Å². The van der Waals surface area contributed by atoms with Gasteiger partial charge in [-0.1, -0.05) is 238 Å². The van der Waals surface area contributed by atoms with Crippen molar-refractivity contribution in [1.29, 1.82) is 0 Å². The molecule has 0 spiro atoms. The Hall–Kier alpha value is -0.950. The average molecular weight is 780 g/mol. The van der Waals surface area contributed by atoms with E-state index in [1.54, 1.807) is 0 Å². The van der Waals surface area contributed by atoms with Crippen LogP contribution in [0.1, 0.15) is 264 Å². The number of hydrogen-bond acceptors (Lipinski definition) is 5. The van der Waals surface area contributed by atoms with Gasteiger partial charge in [0.15, 0.2) is 0 Å². The molecule has 55 heavy (non-hydrogen) atoms. The number of unbranched alkanes of at least 4 members (excludes halogenated alkanes) is 34. The van der Waals surface area contributed by atoms with Crippen molar-refractivity contribution in [3.8, 4) is 0 Å². The minimum Gasteiger partial charge on any atom is -0.394 e. The van der Waals surface area contributed by atoms with E-state index < -0.39 is 36.9 Å². The zero-order valence-electron chi connectivity index (χ0n) is 36.9. The van der Waals surface area contributed by atoms with E-state index >= 15 is 0 Å². The summed E-state index contributed by atoms with van der Waals surface area (Å²) in [5, 5.41) is 42.8. The van der Waals surface area contributed by atoms with Crippen LogP contribution in [0.2, 0.25) is 0 Å². The quantitative estimate of drug-likeness (QED) is 0.0312. The molecule has 0 radical (unpaired) electrons. The van der Waals surface area contributed by atoms with Gasteiger partial charge >= 0.3 is 0 Å². The van der Waals surface area contributed by atoms with Crippen molar-refractivity contribution in [2.45, 2.75) is 289 Å². The monoisotopic (exact) mass is 780 g/mol. The molecule has 4 unspecified atom stereocenters. The number of hydrogen-bond donors (Lipinski definition) is 5. The van der Waals surface area contributed by atoms with E-state index in [9.17, 15) is 25.2 Å². The number of allylic oxidation sites excluding steroid dienone is 2. The number of carbonyl (C=O) groups excluding carboxylic acids is 1. The van der Waals surface area contributed by atoms with Gasteiger partial charge in [-0.15, -0.1) is 0 Å². The molecule has 4 atom stereocenters. The van der Waals surface area contributed by atoms with E-state index in [-0.39, 0.29) is 0 Å². The van der Waals surface area contributed by atoms with Gasteiger partial charge in [0.05, 0.1) is 18.8 Å². The summed E-state index contributed by atoms with van der Waals surface area (Å²) in [6, 6.07) is -0.977. The molecule has 0 fully saturated rings. The third kappa shape index (κ3) is 38.3. The lowest BCUT2D eigenvalue weighted by Crippen LogP contribution is -2.53. The van der Waals surface area contributed by atoms with E-state index in [4.69, 9.17) is 0 Å². The van der Waals surface area contributed by atoms with Crippen molar-refractivity contribution in [1.82, 2.24) is 5.32 Å². The standard InChI is InChI=1S/C49H97NO5/c1-3-5-7-8-9-10-11-12-13-14-15-16-17-18-19-20-21-22-23-24-25-26-27-28-29-30-31-32-33-34-35-36-37-38-39-41-43-47(53)49(55)50-45(44-51)48(54)46(52)42-40-6-4-2/h22-23,45-48,51-54H,3-21,24-44H2,1-2H3,(H,50,55)/b23-22-. The van der Waals surface area contributed by atoms with Crippen molar-refractivity contribution >= 4 is 5.91 Å². The highest BCUT2D eigenvalue weighted by molar-refractivity contribution is 5.80. The molecule has 1 amide bonds. The second kappa shape index (κ2) is 44.2. The molecule has 0 aromatic rings. The molecule has 0 bridgehead atoms. The third-order valence-electron chi connectivity index (χ3n) is 11.7. The summed E-state index contributed by atoms with van der Waals surface area (Å²) >= 11 is 0. The van der Waals surface area contributed by atoms with E-state index in [1.807, 2.05) is 0 Å². The van der Waals surface area contributed by atoms with Crippen LogP contribution < -0.4 is 5.32 Å². The molecule has 6 nitrogen and oxygen atoms in total. The van der Waals surface area contributed by atoms with Crippen LogP contribution in [0.4, 0.5) is 0 Å². The van der Waals surface area contributed by atoms with Crippen molar-refractivity contribution in [3.05, 3.63) is 12.2 Å². The zero-order valence-corrected chi connectivity index (χ0v) is 36.9. The Bertz CT molecular complexity index is 791. The number of carbonyl (C=O) groups is 1. The van der Waals surface area contributed by atoms with Crippen molar-refractivity contribution in [2.75, 3.05) is 6.61 Å². The summed E-state index contributed by atoms with van der Waals surface area (Å²) in [5.74, 6) is -0.590. The fraction of sp³-hybridized carbons (Fsp3) is 0.939. The van der Waals surface area contributed by atoms with E-state index in [0.29, 0.717) is 12.8 Å². The molecule has 0 saturated heterocycles. The maximum Gasteiger partial charge on any atom is 0.249 e. The summed E-state index contributed by atoms with van der Waals surface area (Å²) in [6.45, 7) is 3.88. The van der Waals surface area contributed by atoms with Gasteiger partial charge in [0.2, 0.25) is 5.91 Å². The smallest absolute Gasteiger partial charge is 0.249 e. The number of nitrogens with one attached hydrogen (secondary N) is 1. The summed E-state index contributed by atoms with van der Waals surface area (Å²) in [5.41, 5.74) is 0. The van der Waals surface area contributed by atoms with Crippen LogP contribution in [-0.4, -0.2) is 57.3 Å². The average Bonchev–Trinajstić information content (AvgIpc) is 3.19. The Balaban J connectivity index is 3.38. The Kier molecular flexibility index (Phi) is 43.4. The fourth-order valence-corrected chi connectivity index (χ4v) is 7.81. The topological polar surface area (TPSA) is 110 Å². The number of aliphatic hydroxyl groups is 4. The number of aliphatic hydroxyl groups excluding tert-OH is 4. The van der Waals surface area contributed by atoms with Crippen molar-refractivity contribution < 1.29 is 25.2 Å². The van der Waals surface area contributed by atoms with Gasteiger partial charge in [0, 0.05) is 0 Å². The van der Waals surface area contributed by atoms with Gasteiger partial charge in [-0.25, -0.2) is 0 Å². The molecule has 0 saturated carbocycles. The van der Waals surface area contributed by atoms with Crippen LogP contribution in [-0.2, 0) is 4.79 Å². The lowest BCUT2D eigenvalue weighted by Gasteiger charge is -2.27. The van der Waals surface area contributed by atoms with Gasteiger partial charge < -0.3 is 25.7 Å². The van der Waals surface area contributed by atoms with Crippen LogP contribution in [0.15, 0.2) is 12.2 Å². The molecule has 0 aliphatic carbocycles. The number of rotatable bonds is 45. The molecular formula is C49H97NO5. The minimum absolute atomic E-state index is 0.371. The SMILES string of the molecule is CCCCCCCCCCCCCCCCCC/C=C\CCCCCCCCCCCCCCCCCCC(O)C(=O)NC(CO)C(O)C(O)CCCCC. The van der Waals surface area contributed by atoms with Crippen LogP contribution in [0.3, 0.4) is 0 Å². The highest BCUT2D eigenvalue weighted by Gasteiger charge is 2.28. The Labute approximate surface area is 342 Å². The maximum atomic E-state index is 12.3. The zero-order chi connectivity index (χ0) is 40.3.